The van der Waals surface area contributed by atoms with Crippen molar-refractivity contribution in [2.45, 2.75) is 97.8 Å². The van der Waals surface area contributed by atoms with E-state index >= 15 is 0 Å². The molecule has 0 atom stereocenters. The number of fused-ring (bicyclic) bond motifs is 7. The highest BCUT2D eigenvalue weighted by Gasteiger charge is 2.45. The number of rotatable bonds is 6. The largest absolute Gasteiger partial charge is 0.311 e. The zero-order valence-corrected chi connectivity index (χ0v) is 44.1. The molecule has 2 aliphatic heterocycles. The van der Waals surface area contributed by atoms with Crippen LogP contribution in [0.3, 0.4) is 0 Å². The van der Waals surface area contributed by atoms with Gasteiger partial charge in [-0.05, 0) is 162 Å². The molecule has 3 aliphatic rings. The quantitative estimate of drug-likeness (QED) is 0.154. The highest BCUT2D eigenvalue weighted by Crippen LogP contribution is 2.53. The fourth-order valence-corrected chi connectivity index (χ4v) is 11.7. The molecule has 0 fully saturated rings. The van der Waals surface area contributed by atoms with Crippen molar-refractivity contribution in [1.29, 1.82) is 0 Å². The fraction of sp³-hybridized carbons (Fsp3) is 0.217. The van der Waals surface area contributed by atoms with Crippen molar-refractivity contribution in [2.24, 2.45) is 0 Å². The van der Waals surface area contributed by atoms with Gasteiger partial charge in [0.15, 0.2) is 0 Å². The molecule has 9 aromatic rings. The van der Waals surface area contributed by atoms with Gasteiger partial charge in [0.05, 0.1) is 6.85 Å². The average molecular weight is 953 g/mol. The first kappa shape index (κ1) is 41.0. The SMILES string of the molecule is [2H]c1c([2H])c([2H])c(N(c2ccc(-c3ccccc3)cc2)c2ccc3c(c2)N(c2ccc(C(C)(C)C)cc2)c2cc(C(C)(C)C)cc4c2B3c2cc(C(C)(C)C)ccc2N4c2ccc3c(c2)C(C)(C)c2ccccc2-3)c([2H])c1[2H]. The molecule has 360 valence electrons. The lowest BCUT2D eigenvalue weighted by Crippen LogP contribution is -2.61. The van der Waals surface area contributed by atoms with Crippen LogP contribution in [-0.2, 0) is 21.7 Å². The van der Waals surface area contributed by atoms with Crippen LogP contribution in [0.25, 0.3) is 22.3 Å². The second kappa shape index (κ2) is 16.8. The summed E-state index contributed by atoms with van der Waals surface area (Å²) in [5.41, 5.74) is 21.6. The van der Waals surface area contributed by atoms with Gasteiger partial charge in [0.2, 0.25) is 0 Å². The molecule has 4 heteroatoms. The second-order valence-electron chi connectivity index (χ2n) is 24.0. The minimum atomic E-state index is -0.432. The summed E-state index contributed by atoms with van der Waals surface area (Å²) in [6.07, 6.45) is 0. The molecular formula is C69H66BN3. The van der Waals surface area contributed by atoms with Crippen molar-refractivity contribution in [3.8, 4) is 22.3 Å². The molecule has 0 radical (unpaired) electrons. The molecule has 73 heavy (non-hydrogen) atoms. The maximum Gasteiger partial charge on any atom is 0.252 e. The van der Waals surface area contributed by atoms with E-state index in [2.05, 4.69) is 213 Å². The molecule has 12 rings (SSSR count). The summed E-state index contributed by atoms with van der Waals surface area (Å²) in [5, 5.41) is 0. The first-order chi connectivity index (χ1) is 36.9. The summed E-state index contributed by atoms with van der Waals surface area (Å²) in [7, 11) is 0. The van der Waals surface area contributed by atoms with Crippen molar-refractivity contribution in [2.75, 3.05) is 14.7 Å². The van der Waals surface area contributed by atoms with Crippen LogP contribution >= 0.6 is 0 Å². The van der Waals surface area contributed by atoms with Gasteiger partial charge in [-0.1, -0.05) is 197 Å². The molecule has 0 bridgehead atoms. The topological polar surface area (TPSA) is 9.72 Å². The van der Waals surface area contributed by atoms with Gasteiger partial charge < -0.3 is 14.7 Å². The molecule has 9 aromatic carbocycles. The first-order valence-electron chi connectivity index (χ1n) is 28.4. The van der Waals surface area contributed by atoms with Crippen molar-refractivity contribution in [3.63, 3.8) is 0 Å². The lowest BCUT2D eigenvalue weighted by Gasteiger charge is -2.46. The number of benzene rings is 9. The van der Waals surface area contributed by atoms with Gasteiger partial charge in [0.1, 0.15) is 0 Å². The molecule has 0 amide bonds. The average Bonchev–Trinajstić information content (AvgIpc) is 3.78. The lowest BCUT2D eigenvalue weighted by molar-refractivity contribution is 0.590. The van der Waals surface area contributed by atoms with Crippen LogP contribution in [0.2, 0.25) is 0 Å². The Kier molecular flexibility index (Phi) is 9.40. The van der Waals surface area contributed by atoms with Gasteiger partial charge in [-0.2, -0.15) is 0 Å². The molecule has 0 N–H and O–H groups in total. The Hall–Kier alpha value is -7.56. The van der Waals surface area contributed by atoms with E-state index in [1.807, 2.05) is 47.4 Å². The number of anilines is 9. The highest BCUT2D eigenvalue weighted by atomic mass is 15.2. The molecule has 2 heterocycles. The zero-order valence-electron chi connectivity index (χ0n) is 49.1. The Morgan fingerprint density at radius 3 is 1.67 bits per heavy atom. The lowest BCUT2D eigenvalue weighted by atomic mass is 9.33. The normalized spacial score (nSPS) is 15.2. The number of hydrogen-bond donors (Lipinski definition) is 0. The van der Waals surface area contributed by atoms with E-state index in [1.165, 1.54) is 49.9 Å². The molecule has 0 unspecified atom stereocenters. The molecule has 3 nitrogen and oxygen atoms in total. The summed E-state index contributed by atoms with van der Waals surface area (Å²) >= 11 is 0. The number of para-hydroxylation sites is 1. The molecule has 0 spiro atoms. The van der Waals surface area contributed by atoms with E-state index in [9.17, 15) is 2.74 Å². The van der Waals surface area contributed by atoms with Crippen LogP contribution in [0.1, 0.15) is 111 Å². The first-order valence-corrected chi connectivity index (χ1v) is 25.9. The van der Waals surface area contributed by atoms with Gasteiger partial charge in [0, 0.05) is 56.6 Å². The predicted molar refractivity (Wildman–Crippen MR) is 314 cm³/mol. The minimum absolute atomic E-state index is 0.0802. The van der Waals surface area contributed by atoms with Crippen molar-refractivity contribution >= 4 is 74.3 Å². The highest BCUT2D eigenvalue weighted by molar-refractivity contribution is 7.00. The van der Waals surface area contributed by atoms with Crippen LogP contribution < -0.4 is 31.1 Å². The minimum Gasteiger partial charge on any atom is -0.311 e. The van der Waals surface area contributed by atoms with E-state index in [1.54, 1.807) is 0 Å². The van der Waals surface area contributed by atoms with E-state index in [0.717, 1.165) is 50.7 Å². The van der Waals surface area contributed by atoms with E-state index in [0.29, 0.717) is 11.4 Å². The second-order valence-corrected chi connectivity index (χ2v) is 24.0. The van der Waals surface area contributed by atoms with Gasteiger partial charge in [0.25, 0.3) is 6.71 Å². The Labute approximate surface area is 441 Å². The zero-order chi connectivity index (χ0) is 55.1. The Balaban J connectivity index is 1.16. The Bertz CT molecular complexity index is 3870. The van der Waals surface area contributed by atoms with E-state index < -0.39 is 6.04 Å². The molecule has 0 aromatic heterocycles. The standard InChI is InChI=1S/C69H66BN3/c1-66(2,3)47-28-33-52(34-29-47)72-62-44-54(71(50-22-16-13-17-23-50)51-31-26-46(27-32-51)45-20-14-12-15-21-45)36-38-59(62)70-60-40-48(67(4,5)6)30-39-61(60)73(64-42-49(68(7,8)9)41-63(72)65(64)70)53-35-37-56-55-24-18-19-25-57(55)69(10,11)58(56)43-53/h12-44H,1-11H3/i13D,16D,17D,22D,23D. The maximum atomic E-state index is 9.45. The summed E-state index contributed by atoms with van der Waals surface area (Å²) < 4.78 is 45.4. The van der Waals surface area contributed by atoms with Crippen LogP contribution in [0, 0.1) is 0 Å². The molecular weight excluding hydrogens is 882 g/mol. The monoisotopic (exact) mass is 953 g/mol. The Morgan fingerprint density at radius 2 is 1.00 bits per heavy atom. The van der Waals surface area contributed by atoms with Crippen molar-refractivity contribution in [1.82, 2.24) is 0 Å². The smallest absolute Gasteiger partial charge is 0.252 e. The summed E-state index contributed by atoms with van der Waals surface area (Å²) in [5.74, 6) is 0. The van der Waals surface area contributed by atoms with Crippen molar-refractivity contribution < 1.29 is 6.85 Å². The third-order valence-electron chi connectivity index (χ3n) is 15.8. The predicted octanol–water partition coefficient (Wildman–Crippen LogP) is 17.1. The van der Waals surface area contributed by atoms with E-state index in [-0.39, 0.29) is 58.2 Å². The Morgan fingerprint density at radius 1 is 0.425 bits per heavy atom. The van der Waals surface area contributed by atoms with Crippen molar-refractivity contribution in [3.05, 3.63) is 228 Å². The summed E-state index contributed by atoms with van der Waals surface area (Å²) in [6, 6.07) is 59.9. The van der Waals surface area contributed by atoms with Gasteiger partial charge >= 0.3 is 0 Å². The van der Waals surface area contributed by atoms with Gasteiger partial charge in [-0.15, -0.1) is 0 Å². The third-order valence-corrected chi connectivity index (χ3v) is 15.8. The maximum absolute atomic E-state index is 9.45. The summed E-state index contributed by atoms with van der Waals surface area (Å²) in [4.78, 5) is 6.81. The number of nitrogens with zero attached hydrogens (tertiary/aromatic N) is 3. The van der Waals surface area contributed by atoms with Crippen LogP contribution in [0.5, 0.6) is 0 Å². The number of hydrogen-bond acceptors (Lipinski definition) is 3. The van der Waals surface area contributed by atoms with Crippen LogP contribution in [-0.4, -0.2) is 6.71 Å². The summed E-state index contributed by atoms with van der Waals surface area (Å²) in [6.45, 7) is 25.0. The van der Waals surface area contributed by atoms with E-state index in [4.69, 9.17) is 4.11 Å². The molecule has 1 aliphatic carbocycles. The molecule has 0 saturated carbocycles. The van der Waals surface area contributed by atoms with Gasteiger partial charge in [-0.3, -0.25) is 0 Å². The fourth-order valence-electron chi connectivity index (χ4n) is 11.7. The molecule has 0 saturated heterocycles. The van der Waals surface area contributed by atoms with Crippen LogP contribution in [0.15, 0.2) is 200 Å². The van der Waals surface area contributed by atoms with Crippen LogP contribution in [0.4, 0.5) is 51.2 Å². The van der Waals surface area contributed by atoms with Gasteiger partial charge in [-0.25, -0.2) is 0 Å². The third kappa shape index (κ3) is 7.72.